The molecule has 5 heteroatoms. The average Bonchev–Trinajstić information content (AvgIpc) is 2.93. The normalized spacial score (nSPS) is 18.5. The number of nitrogens with zero attached hydrogens (tertiary/aromatic N) is 3. The molecule has 1 atom stereocenters. The number of hydrogen-bond donors (Lipinski definition) is 0. The van der Waals surface area contributed by atoms with Gasteiger partial charge in [-0.15, -0.1) is 0 Å². The molecule has 1 aromatic heterocycles. The minimum atomic E-state index is 0.622. The van der Waals surface area contributed by atoms with Gasteiger partial charge in [0.2, 0.25) is 11.7 Å². The fourth-order valence-electron chi connectivity index (χ4n) is 2.73. The SMILES string of the molecule is CC[C@H]1CCN1Cc1nc(-c2ccc(C)c(OC)c2)no1. The molecule has 0 spiro atoms. The molecule has 0 bridgehead atoms. The minimum Gasteiger partial charge on any atom is -0.496 e. The van der Waals surface area contributed by atoms with Crippen LogP contribution >= 0.6 is 0 Å². The summed E-state index contributed by atoms with van der Waals surface area (Å²) in [5, 5.41) is 4.09. The number of aromatic nitrogens is 2. The summed E-state index contributed by atoms with van der Waals surface area (Å²) >= 11 is 0. The Labute approximate surface area is 124 Å². The second-order valence-electron chi connectivity index (χ2n) is 5.52. The molecule has 0 saturated carbocycles. The Morgan fingerprint density at radius 3 is 2.95 bits per heavy atom. The number of likely N-dealkylation sites (tertiary alicyclic amines) is 1. The van der Waals surface area contributed by atoms with Crippen molar-refractivity contribution in [2.45, 2.75) is 39.3 Å². The van der Waals surface area contributed by atoms with Gasteiger partial charge >= 0.3 is 0 Å². The Morgan fingerprint density at radius 2 is 2.29 bits per heavy atom. The van der Waals surface area contributed by atoms with E-state index < -0.39 is 0 Å². The number of ether oxygens (including phenoxy) is 1. The molecular formula is C16H21N3O2. The quantitative estimate of drug-likeness (QED) is 0.846. The van der Waals surface area contributed by atoms with Crippen molar-refractivity contribution in [2.75, 3.05) is 13.7 Å². The predicted octanol–water partition coefficient (Wildman–Crippen LogP) is 3.04. The highest BCUT2D eigenvalue weighted by atomic mass is 16.5. The van der Waals surface area contributed by atoms with E-state index in [1.54, 1.807) is 7.11 Å². The van der Waals surface area contributed by atoms with E-state index >= 15 is 0 Å². The van der Waals surface area contributed by atoms with E-state index in [2.05, 4.69) is 22.0 Å². The van der Waals surface area contributed by atoms with E-state index in [1.165, 1.54) is 12.8 Å². The van der Waals surface area contributed by atoms with E-state index in [-0.39, 0.29) is 0 Å². The maximum Gasteiger partial charge on any atom is 0.241 e. The second-order valence-corrected chi connectivity index (χ2v) is 5.52. The van der Waals surface area contributed by atoms with Crippen molar-refractivity contribution in [3.8, 4) is 17.1 Å². The fourth-order valence-corrected chi connectivity index (χ4v) is 2.73. The van der Waals surface area contributed by atoms with Crippen LogP contribution in [-0.4, -0.2) is 34.7 Å². The first-order valence-electron chi connectivity index (χ1n) is 7.43. The smallest absolute Gasteiger partial charge is 0.241 e. The third kappa shape index (κ3) is 2.78. The van der Waals surface area contributed by atoms with Gasteiger partial charge in [-0.2, -0.15) is 4.98 Å². The van der Waals surface area contributed by atoms with Gasteiger partial charge in [0.15, 0.2) is 0 Å². The average molecular weight is 287 g/mol. The van der Waals surface area contributed by atoms with Gasteiger partial charge in [0.05, 0.1) is 13.7 Å². The summed E-state index contributed by atoms with van der Waals surface area (Å²) in [6, 6.07) is 6.61. The number of methoxy groups -OCH3 is 1. The van der Waals surface area contributed by atoms with Crippen molar-refractivity contribution in [1.29, 1.82) is 0 Å². The first-order valence-corrected chi connectivity index (χ1v) is 7.43. The molecule has 0 radical (unpaired) electrons. The lowest BCUT2D eigenvalue weighted by Crippen LogP contribution is -2.46. The molecule has 0 amide bonds. The van der Waals surface area contributed by atoms with Gasteiger partial charge in [-0.25, -0.2) is 0 Å². The van der Waals surface area contributed by atoms with Crippen molar-refractivity contribution >= 4 is 0 Å². The topological polar surface area (TPSA) is 51.4 Å². The fraction of sp³-hybridized carbons (Fsp3) is 0.500. The number of benzene rings is 1. The molecule has 1 saturated heterocycles. The van der Waals surface area contributed by atoms with Crippen LogP contribution in [0.25, 0.3) is 11.4 Å². The Bertz CT molecular complexity index is 622. The van der Waals surface area contributed by atoms with E-state index in [1.807, 2.05) is 25.1 Å². The molecule has 1 aliphatic rings. The Kier molecular flexibility index (Phi) is 3.92. The van der Waals surface area contributed by atoms with E-state index in [0.717, 1.165) is 30.0 Å². The lowest BCUT2D eigenvalue weighted by molar-refractivity contribution is 0.0668. The minimum absolute atomic E-state index is 0.622. The van der Waals surface area contributed by atoms with Gasteiger partial charge < -0.3 is 9.26 Å². The molecule has 2 aromatic rings. The van der Waals surface area contributed by atoms with Crippen LogP contribution in [0.5, 0.6) is 5.75 Å². The summed E-state index contributed by atoms with van der Waals surface area (Å²) in [6.07, 6.45) is 2.45. The van der Waals surface area contributed by atoms with Gasteiger partial charge in [-0.1, -0.05) is 24.2 Å². The molecule has 0 aliphatic carbocycles. The van der Waals surface area contributed by atoms with E-state index in [0.29, 0.717) is 17.8 Å². The Morgan fingerprint density at radius 1 is 1.43 bits per heavy atom. The summed E-state index contributed by atoms with van der Waals surface area (Å²) in [6.45, 7) is 6.09. The molecule has 112 valence electrons. The maximum atomic E-state index is 5.38. The summed E-state index contributed by atoms with van der Waals surface area (Å²) < 4.78 is 10.7. The highest BCUT2D eigenvalue weighted by molar-refractivity contribution is 5.58. The molecule has 3 rings (SSSR count). The summed E-state index contributed by atoms with van der Waals surface area (Å²) in [5.74, 6) is 2.15. The molecule has 1 aromatic carbocycles. The van der Waals surface area contributed by atoms with Gasteiger partial charge in [0.1, 0.15) is 5.75 Å². The third-order valence-electron chi connectivity index (χ3n) is 4.21. The summed E-state index contributed by atoms with van der Waals surface area (Å²) in [7, 11) is 1.67. The van der Waals surface area contributed by atoms with Crippen molar-refractivity contribution in [3.05, 3.63) is 29.7 Å². The van der Waals surface area contributed by atoms with Crippen LogP contribution in [-0.2, 0) is 6.54 Å². The van der Waals surface area contributed by atoms with Gasteiger partial charge in [-0.05, 0) is 31.4 Å². The van der Waals surface area contributed by atoms with Crippen molar-refractivity contribution in [2.24, 2.45) is 0 Å². The molecule has 0 unspecified atom stereocenters. The van der Waals surface area contributed by atoms with Crippen molar-refractivity contribution in [1.82, 2.24) is 15.0 Å². The zero-order valence-corrected chi connectivity index (χ0v) is 12.8. The molecule has 0 N–H and O–H groups in total. The number of aryl methyl sites for hydroxylation is 1. The zero-order valence-electron chi connectivity index (χ0n) is 12.8. The van der Waals surface area contributed by atoms with Crippen LogP contribution in [0.3, 0.4) is 0 Å². The highest BCUT2D eigenvalue weighted by Crippen LogP contribution is 2.26. The van der Waals surface area contributed by atoms with Gasteiger partial charge in [0, 0.05) is 18.2 Å². The van der Waals surface area contributed by atoms with Crippen LogP contribution in [0, 0.1) is 6.92 Å². The predicted molar refractivity (Wildman–Crippen MR) is 80.1 cm³/mol. The molecule has 1 fully saturated rings. The van der Waals surface area contributed by atoms with Crippen LogP contribution in [0.15, 0.2) is 22.7 Å². The number of hydrogen-bond acceptors (Lipinski definition) is 5. The summed E-state index contributed by atoms with van der Waals surface area (Å²) in [4.78, 5) is 6.88. The van der Waals surface area contributed by atoms with Crippen LogP contribution in [0.1, 0.15) is 31.2 Å². The van der Waals surface area contributed by atoms with Gasteiger partial charge in [-0.3, -0.25) is 4.90 Å². The standard InChI is InChI=1S/C16H21N3O2/c1-4-13-7-8-19(13)10-15-17-16(18-21-15)12-6-5-11(2)14(9-12)20-3/h5-6,9,13H,4,7-8,10H2,1-3H3/t13-/m0/s1. The highest BCUT2D eigenvalue weighted by Gasteiger charge is 2.27. The second kappa shape index (κ2) is 5.85. The molecule has 5 nitrogen and oxygen atoms in total. The zero-order chi connectivity index (χ0) is 14.8. The molecule has 21 heavy (non-hydrogen) atoms. The molecule has 2 heterocycles. The molecular weight excluding hydrogens is 266 g/mol. The third-order valence-corrected chi connectivity index (χ3v) is 4.21. The van der Waals surface area contributed by atoms with Crippen molar-refractivity contribution < 1.29 is 9.26 Å². The first kappa shape index (κ1) is 14.1. The van der Waals surface area contributed by atoms with Crippen LogP contribution in [0.4, 0.5) is 0 Å². The largest absolute Gasteiger partial charge is 0.496 e. The van der Waals surface area contributed by atoms with E-state index in [4.69, 9.17) is 9.26 Å². The van der Waals surface area contributed by atoms with Crippen LogP contribution < -0.4 is 4.74 Å². The van der Waals surface area contributed by atoms with Crippen molar-refractivity contribution in [3.63, 3.8) is 0 Å². The van der Waals surface area contributed by atoms with Gasteiger partial charge in [0.25, 0.3) is 0 Å². The monoisotopic (exact) mass is 287 g/mol. The molecule has 1 aliphatic heterocycles. The Balaban J connectivity index is 1.75. The first-order chi connectivity index (χ1) is 10.2. The maximum absolute atomic E-state index is 5.38. The summed E-state index contributed by atoms with van der Waals surface area (Å²) in [5.41, 5.74) is 2.01. The van der Waals surface area contributed by atoms with E-state index in [9.17, 15) is 0 Å². The lowest BCUT2D eigenvalue weighted by Gasteiger charge is -2.39. The van der Waals surface area contributed by atoms with Crippen LogP contribution in [0.2, 0.25) is 0 Å². The lowest BCUT2D eigenvalue weighted by atomic mass is 10.0. The Hall–Kier alpha value is -1.88. The number of rotatable bonds is 5.